The van der Waals surface area contributed by atoms with Crippen LogP contribution in [-0.4, -0.2) is 18.3 Å². The lowest BCUT2D eigenvalue weighted by atomic mass is 9.94. The maximum absolute atomic E-state index is 12.1. The molecule has 0 amide bonds. The summed E-state index contributed by atoms with van der Waals surface area (Å²) in [6.07, 6.45) is 0. The number of Topliss-reactive ketones (excluding diaryl/α,β-unsaturated/α-hetero) is 1. The van der Waals surface area contributed by atoms with Crippen LogP contribution < -0.4 is 4.74 Å². The van der Waals surface area contributed by atoms with E-state index in [1.165, 1.54) is 0 Å². The third kappa shape index (κ3) is 1.60. The van der Waals surface area contributed by atoms with Gasteiger partial charge in [-0.1, -0.05) is 30.3 Å². The fourth-order valence-corrected chi connectivity index (χ4v) is 2.42. The standard InChI is InChI=1S/C14H11ClO2/c15-7-10-8-17-14-11-4-2-1-3-9(11)5-6-12(14)13(10)16/h1-6,10H,7-8H2. The fraction of sp³-hybridized carbons (Fsp3) is 0.214. The van der Waals surface area contributed by atoms with Gasteiger partial charge in [0.15, 0.2) is 5.78 Å². The topological polar surface area (TPSA) is 26.3 Å². The van der Waals surface area contributed by atoms with Gasteiger partial charge >= 0.3 is 0 Å². The Labute approximate surface area is 104 Å². The van der Waals surface area contributed by atoms with E-state index >= 15 is 0 Å². The highest BCUT2D eigenvalue weighted by atomic mass is 35.5. The van der Waals surface area contributed by atoms with E-state index in [4.69, 9.17) is 16.3 Å². The van der Waals surface area contributed by atoms with E-state index in [2.05, 4.69) is 0 Å². The van der Waals surface area contributed by atoms with Gasteiger partial charge < -0.3 is 4.74 Å². The number of hydrogen-bond donors (Lipinski definition) is 0. The Morgan fingerprint density at radius 1 is 1.24 bits per heavy atom. The number of rotatable bonds is 1. The number of carbonyl (C=O) groups excluding carboxylic acids is 1. The molecule has 2 aromatic rings. The van der Waals surface area contributed by atoms with Gasteiger partial charge in [0, 0.05) is 11.3 Å². The van der Waals surface area contributed by atoms with Crippen LogP contribution in [0.15, 0.2) is 36.4 Å². The molecule has 1 heterocycles. The first-order valence-corrected chi connectivity index (χ1v) is 6.09. The van der Waals surface area contributed by atoms with Crippen LogP contribution in [0.5, 0.6) is 5.75 Å². The summed E-state index contributed by atoms with van der Waals surface area (Å²) in [5, 5.41) is 2.08. The van der Waals surface area contributed by atoms with Crippen LogP contribution in [0.4, 0.5) is 0 Å². The normalized spacial score (nSPS) is 18.9. The molecule has 0 fully saturated rings. The number of halogens is 1. The summed E-state index contributed by atoms with van der Waals surface area (Å²) in [5.41, 5.74) is 0.653. The van der Waals surface area contributed by atoms with Crippen LogP contribution in [0.2, 0.25) is 0 Å². The number of ketones is 1. The Morgan fingerprint density at radius 3 is 2.88 bits per heavy atom. The van der Waals surface area contributed by atoms with Gasteiger partial charge in [0.2, 0.25) is 0 Å². The molecule has 86 valence electrons. The molecular formula is C14H11ClO2. The molecule has 0 aliphatic carbocycles. The van der Waals surface area contributed by atoms with E-state index in [0.717, 1.165) is 10.8 Å². The molecule has 0 bridgehead atoms. The zero-order valence-corrected chi connectivity index (χ0v) is 9.91. The first-order chi connectivity index (χ1) is 8.31. The van der Waals surface area contributed by atoms with Crippen LogP contribution >= 0.6 is 11.6 Å². The summed E-state index contributed by atoms with van der Waals surface area (Å²) >= 11 is 5.76. The summed E-state index contributed by atoms with van der Waals surface area (Å²) in [5.74, 6) is 0.886. The Bertz CT molecular complexity index is 592. The van der Waals surface area contributed by atoms with E-state index in [1.54, 1.807) is 0 Å². The molecule has 0 saturated carbocycles. The molecule has 1 unspecified atom stereocenters. The summed E-state index contributed by atoms with van der Waals surface area (Å²) in [6, 6.07) is 11.7. The zero-order valence-electron chi connectivity index (χ0n) is 9.15. The van der Waals surface area contributed by atoms with Gasteiger partial charge in [0.1, 0.15) is 5.75 Å². The minimum atomic E-state index is -0.217. The molecule has 2 aromatic carbocycles. The highest BCUT2D eigenvalue weighted by Gasteiger charge is 2.29. The molecular weight excluding hydrogens is 236 g/mol. The smallest absolute Gasteiger partial charge is 0.174 e. The van der Waals surface area contributed by atoms with E-state index in [1.807, 2.05) is 36.4 Å². The van der Waals surface area contributed by atoms with Crippen molar-refractivity contribution in [2.24, 2.45) is 5.92 Å². The highest BCUT2D eigenvalue weighted by molar-refractivity contribution is 6.20. The van der Waals surface area contributed by atoms with Crippen LogP contribution in [0.1, 0.15) is 10.4 Å². The zero-order chi connectivity index (χ0) is 11.8. The first kappa shape index (κ1) is 10.6. The van der Waals surface area contributed by atoms with Crippen molar-refractivity contribution in [3.63, 3.8) is 0 Å². The Hall–Kier alpha value is -1.54. The Balaban J connectivity index is 2.22. The van der Waals surface area contributed by atoms with E-state index in [9.17, 15) is 4.79 Å². The van der Waals surface area contributed by atoms with Crippen molar-refractivity contribution in [2.75, 3.05) is 12.5 Å². The molecule has 0 saturated heterocycles. The quantitative estimate of drug-likeness (QED) is 0.722. The number of ether oxygens (including phenoxy) is 1. The minimum absolute atomic E-state index is 0.0898. The number of fused-ring (bicyclic) bond motifs is 3. The molecule has 0 radical (unpaired) electrons. The predicted octanol–water partition coefficient (Wildman–Crippen LogP) is 3.27. The molecule has 1 aliphatic rings. The second kappa shape index (κ2) is 4.04. The molecule has 3 rings (SSSR count). The van der Waals surface area contributed by atoms with Crippen molar-refractivity contribution in [3.05, 3.63) is 42.0 Å². The summed E-state index contributed by atoms with van der Waals surface area (Å²) < 4.78 is 5.71. The third-order valence-electron chi connectivity index (χ3n) is 3.13. The lowest BCUT2D eigenvalue weighted by Gasteiger charge is -2.23. The van der Waals surface area contributed by atoms with Crippen molar-refractivity contribution < 1.29 is 9.53 Å². The molecule has 0 spiro atoms. The van der Waals surface area contributed by atoms with Gasteiger partial charge in [0.05, 0.1) is 18.1 Å². The lowest BCUT2D eigenvalue weighted by Crippen LogP contribution is -2.29. The monoisotopic (exact) mass is 246 g/mol. The van der Waals surface area contributed by atoms with Gasteiger partial charge in [-0.05, 0) is 11.5 Å². The predicted molar refractivity (Wildman–Crippen MR) is 68.0 cm³/mol. The number of hydrogen-bond acceptors (Lipinski definition) is 2. The van der Waals surface area contributed by atoms with Crippen molar-refractivity contribution in [2.45, 2.75) is 0 Å². The van der Waals surface area contributed by atoms with Crippen LogP contribution in [0.25, 0.3) is 10.8 Å². The minimum Gasteiger partial charge on any atom is -0.491 e. The van der Waals surface area contributed by atoms with Gasteiger partial charge in [-0.25, -0.2) is 0 Å². The lowest BCUT2D eigenvalue weighted by molar-refractivity contribution is 0.0854. The molecule has 3 heteroatoms. The summed E-state index contributed by atoms with van der Waals surface area (Å²) in [4.78, 5) is 12.1. The molecule has 0 N–H and O–H groups in total. The van der Waals surface area contributed by atoms with Crippen LogP contribution in [0, 0.1) is 5.92 Å². The van der Waals surface area contributed by atoms with Crippen molar-refractivity contribution in [3.8, 4) is 5.75 Å². The van der Waals surface area contributed by atoms with Gasteiger partial charge in [0.25, 0.3) is 0 Å². The van der Waals surface area contributed by atoms with Crippen LogP contribution in [0.3, 0.4) is 0 Å². The summed E-state index contributed by atoms with van der Waals surface area (Å²) in [6.45, 7) is 0.378. The van der Waals surface area contributed by atoms with E-state index in [0.29, 0.717) is 23.8 Å². The SMILES string of the molecule is O=C1c2ccc3ccccc3c2OCC1CCl. The van der Waals surface area contributed by atoms with Crippen LogP contribution in [-0.2, 0) is 0 Å². The van der Waals surface area contributed by atoms with E-state index < -0.39 is 0 Å². The highest BCUT2D eigenvalue weighted by Crippen LogP contribution is 2.34. The molecule has 0 aromatic heterocycles. The molecule has 1 aliphatic heterocycles. The Kier molecular flexibility index (Phi) is 2.52. The number of alkyl halides is 1. The van der Waals surface area contributed by atoms with Crippen molar-refractivity contribution in [1.82, 2.24) is 0 Å². The van der Waals surface area contributed by atoms with Gasteiger partial charge in [-0.15, -0.1) is 11.6 Å². The second-order valence-corrected chi connectivity index (χ2v) is 4.50. The maximum Gasteiger partial charge on any atom is 0.174 e. The fourth-order valence-electron chi connectivity index (χ4n) is 2.19. The number of benzene rings is 2. The van der Waals surface area contributed by atoms with Crippen molar-refractivity contribution >= 4 is 28.2 Å². The molecule has 2 nitrogen and oxygen atoms in total. The third-order valence-corrected chi connectivity index (χ3v) is 3.50. The first-order valence-electron chi connectivity index (χ1n) is 5.56. The van der Waals surface area contributed by atoms with Gasteiger partial charge in [-0.2, -0.15) is 0 Å². The largest absolute Gasteiger partial charge is 0.491 e. The van der Waals surface area contributed by atoms with Gasteiger partial charge in [-0.3, -0.25) is 4.79 Å². The maximum atomic E-state index is 12.1. The molecule has 17 heavy (non-hydrogen) atoms. The average Bonchev–Trinajstić information content (AvgIpc) is 2.39. The molecule has 1 atom stereocenters. The number of carbonyl (C=O) groups is 1. The van der Waals surface area contributed by atoms with E-state index in [-0.39, 0.29) is 11.7 Å². The second-order valence-electron chi connectivity index (χ2n) is 4.19. The van der Waals surface area contributed by atoms with Crippen molar-refractivity contribution in [1.29, 1.82) is 0 Å². The summed E-state index contributed by atoms with van der Waals surface area (Å²) in [7, 11) is 0. The Morgan fingerprint density at radius 2 is 2.06 bits per heavy atom. The average molecular weight is 247 g/mol.